The van der Waals surface area contributed by atoms with E-state index >= 15 is 0 Å². The van der Waals surface area contributed by atoms with Crippen LogP contribution in [0.15, 0.2) is 66.7 Å². The van der Waals surface area contributed by atoms with Crippen LogP contribution in [0.5, 0.6) is 5.75 Å². The van der Waals surface area contributed by atoms with Crippen molar-refractivity contribution in [1.29, 1.82) is 0 Å². The molecule has 0 amide bonds. The molecular formula is C26H19Cl2FN2O5. The summed E-state index contributed by atoms with van der Waals surface area (Å²) >= 11 is 12.4. The van der Waals surface area contributed by atoms with E-state index in [0.29, 0.717) is 10.7 Å². The van der Waals surface area contributed by atoms with Gasteiger partial charge in [0.15, 0.2) is 5.69 Å². The van der Waals surface area contributed by atoms with Crippen molar-refractivity contribution in [3.05, 3.63) is 99.4 Å². The Balaban J connectivity index is 1.92. The van der Waals surface area contributed by atoms with E-state index in [9.17, 15) is 14.0 Å². The third kappa shape index (κ3) is 4.91. The van der Waals surface area contributed by atoms with E-state index in [1.54, 1.807) is 48.5 Å². The first-order valence-electron chi connectivity index (χ1n) is 10.6. The summed E-state index contributed by atoms with van der Waals surface area (Å²) in [5.41, 5.74) is 0.687. The zero-order valence-corrected chi connectivity index (χ0v) is 20.6. The van der Waals surface area contributed by atoms with Crippen LogP contribution in [0, 0.1) is 5.82 Å². The highest BCUT2D eigenvalue weighted by atomic mass is 35.5. The van der Waals surface area contributed by atoms with Gasteiger partial charge in [-0.25, -0.2) is 18.7 Å². The SMILES string of the molecule is COC(=O)c1c(-c2cc(Cl)ccc2OCc2c(F)cccc2Cl)nn(-c2ccccc2)c1C(=O)OC. The van der Waals surface area contributed by atoms with E-state index in [2.05, 4.69) is 5.10 Å². The second-order valence-electron chi connectivity index (χ2n) is 7.43. The molecule has 0 atom stereocenters. The summed E-state index contributed by atoms with van der Waals surface area (Å²) in [4.78, 5) is 25.8. The number of hydrogen-bond acceptors (Lipinski definition) is 6. The summed E-state index contributed by atoms with van der Waals surface area (Å²) in [6.07, 6.45) is 0. The van der Waals surface area contributed by atoms with Crippen LogP contribution in [0.3, 0.4) is 0 Å². The Hall–Kier alpha value is -3.88. The van der Waals surface area contributed by atoms with Crippen molar-refractivity contribution < 1.29 is 28.2 Å². The van der Waals surface area contributed by atoms with Gasteiger partial charge in [0.1, 0.15) is 29.4 Å². The average molecular weight is 529 g/mol. The van der Waals surface area contributed by atoms with Crippen LogP contribution in [0.1, 0.15) is 26.4 Å². The highest BCUT2D eigenvalue weighted by Gasteiger charge is 2.32. The number of para-hydroxylation sites is 1. The van der Waals surface area contributed by atoms with Crippen molar-refractivity contribution in [3.63, 3.8) is 0 Å². The molecule has 0 saturated heterocycles. The van der Waals surface area contributed by atoms with Crippen molar-refractivity contribution in [2.45, 2.75) is 6.61 Å². The number of hydrogen-bond donors (Lipinski definition) is 0. The maximum atomic E-state index is 14.3. The molecular weight excluding hydrogens is 510 g/mol. The van der Waals surface area contributed by atoms with Crippen LogP contribution in [0.2, 0.25) is 10.0 Å². The summed E-state index contributed by atoms with van der Waals surface area (Å²) in [5.74, 6) is -1.94. The fourth-order valence-electron chi connectivity index (χ4n) is 3.58. The van der Waals surface area contributed by atoms with E-state index in [1.807, 2.05) is 0 Å². The first-order valence-corrected chi connectivity index (χ1v) is 11.3. The zero-order chi connectivity index (χ0) is 25.8. The lowest BCUT2D eigenvalue weighted by Gasteiger charge is -2.13. The van der Waals surface area contributed by atoms with Crippen LogP contribution in [0.25, 0.3) is 16.9 Å². The van der Waals surface area contributed by atoms with Crippen LogP contribution in [0.4, 0.5) is 4.39 Å². The Labute approximate surface area is 215 Å². The third-order valence-electron chi connectivity index (χ3n) is 5.28. The molecule has 7 nitrogen and oxygen atoms in total. The number of carbonyl (C=O) groups excluding carboxylic acids is 2. The summed E-state index contributed by atoms with van der Waals surface area (Å²) < 4.78 is 31.4. The van der Waals surface area contributed by atoms with Gasteiger partial charge in [0.05, 0.1) is 24.9 Å². The van der Waals surface area contributed by atoms with Gasteiger partial charge in [0.2, 0.25) is 0 Å². The lowest BCUT2D eigenvalue weighted by atomic mass is 10.0. The number of carbonyl (C=O) groups is 2. The summed E-state index contributed by atoms with van der Waals surface area (Å²) in [5, 5.41) is 5.06. The molecule has 184 valence electrons. The van der Waals surface area contributed by atoms with Gasteiger partial charge in [0.25, 0.3) is 0 Å². The Morgan fingerprint density at radius 2 is 1.67 bits per heavy atom. The molecule has 0 bridgehead atoms. The maximum Gasteiger partial charge on any atom is 0.357 e. The van der Waals surface area contributed by atoms with Gasteiger partial charge in [-0.1, -0.05) is 47.5 Å². The second-order valence-corrected chi connectivity index (χ2v) is 8.28. The number of benzene rings is 3. The molecule has 3 aromatic carbocycles. The van der Waals surface area contributed by atoms with Gasteiger partial charge in [-0.2, -0.15) is 5.10 Å². The molecule has 36 heavy (non-hydrogen) atoms. The van der Waals surface area contributed by atoms with Gasteiger partial charge in [-0.05, 0) is 42.5 Å². The highest BCUT2D eigenvalue weighted by Crippen LogP contribution is 2.37. The van der Waals surface area contributed by atoms with Crippen LogP contribution >= 0.6 is 23.2 Å². The van der Waals surface area contributed by atoms with Crippen LogP contribution in [-0.2, 0) is 16.1 Å². The normalized spacial score (nSPS) is 10.7. The van der Waals surface area contributed by atoms with Crippen molar-refractivity contribution in [1.82, 2.24) is 9.78 Å². The van der Waals surface area contributed by atoms with Crippen molar-refractivity contribution in [3.8, 4) is 22.7 Å². The molecule has 1 aromatic heterocycles. The Kier molecular flexibility index (Phi) is 7.57. The number of halogens is 3. The number of methoxy groups -OCH3 is 2. The highest BCUT2D eigenvalue weighted by molar-refractivity contribution is 6.31. The molecule has 0 aliphatic rings. The smallest absolute Gasteiger partial charge is 0.357 e. The van der Waals surface area contributed by atoms with Crippen LogP contribution in [-0.4, -0.2) is 35.9 Å². The summed E-state index contributed by atoms with van der Waals surface area (Å²) in [6, 6.07) is 17.7. The topological polar surface area (TPSA) is 79.7 Å². The van der Waals surface area contributed by atoms with Gasteiger partial charge in [0, 0.05) is 16.1 Å². The number of esters is 2. The van der Waals surface area contributed by atoms with Crippen molar-refractivity contribution in [2.24, 2.45) is 0 Å². The molecule has 1 heterocycles. The maximum absolute atomic E-state index is 14.3. The molecule has 0 radical (unpaired) electrons. The molecule has 0 spiro atoms. The minimum atomic E-state index is -0.823. The molecule has 0 fully saturated rings. The molecule has 0 aliphatic carbocycles. The Morgan fingerprint density at radius 3 is 2.33 bits per heavy atom. The summed E-state index contributed by atoms with van der Waals surface area (Å²) in [6.45, 7) is -0.211. The Morgan fingerprint density at radius 1 is 0.944 bits per heavy atom. The lowest BCUT2D eigenvalue weighted by molar-refractivity contribution is 0.0549. The first kappa shape index (κ1) is 25.2. The van der Waals surface area contributed by atoms with E-state index in [4.69, 9.17) is 37.4 Å². The van der Waals surface area contributed by atoms with Crippen LogP contribution < -0.4 is 4.74 Å². The van der Waals surface area contributed by atoms with Crippen molar-refractivity contribution >= 4 is 35.1 Å². The zero-order valence-electron chi connectivity index (χ0n) is 19.1. The molecule has 0 saturated carbocycles. The monoisotopic (exact) mass is 528 g/mol. The largest absolute Gasteiger partial charge is 0.488 e. The van der Waals surface area contributed by atoms with Gasteiger partial charge >= 0.3 is 11.9 Å². The molecule has 0 aliphatic heterocycles. The predicted molar refractivity (Wildman–Crippen MR) is 132 cm³/mol. The molecule has 10 heteroatoms. The van der Waals surface area contributed by atoms with E-state index < -0.39 is 17.8 Å². The number of aromatic nitrogens is 2. The molecule has 0 N–H and O–H groups in total. The lowest BCUT2D eigenvalue weighted by Crippen LogP contribution is -2.15. The third-order valence-corrected chi connectivity index (χ3v) is 5.87. The fourth-order valence-corrected chi connectivity index (χ4v) is 3.97. The second kappa shape index (κ2) is 10.8. The average Bonchev–Trinajstić information content (AvgIpc) is 3.29. The summed E-state index contributed by atoms with van der Waals surface area (Å²) in [7, 11) is 2.38. The minimum Gasteiger partial charge on any atom is -0.488 e. The van der Waals surface area contributed by atoms with Gasteiger partial charge in [-0.15, -0.1) is 0 Å². The minimum absolute atomic E-state index is 0.0585. The van der Waals surface area contributed by atoms with Crippen molar-refractivity contribution in [2.75, 3.05) is 14.2 Å². The number of nitrogens with zero attached hydrogens (tertiary/aromatic N) is 2. The predicted octanol–water partition coefficient (Wildman–Crippen LogP) is 6.14. The molecule has 0 unspecified atom stereocenters. The van der Waals surface area contributed by atoms with E-state index in [0.717, 1.165) is 0 Å². The Bertz CT molecular complexity index is 1420. The van der Waals surface area contributed by atoms with E-state index in [-0.39, 0.29) is 45.5 Å². The van der Waals surface area contributed by atoms with Gasteiger partial charge < -0.3 is 14.2 Å². The standard InChI is InChI=1S/C26H19Cl2FN2O5/c1-34-25(32)22-23(30-31(24(22)26(33)35-2)16-7-4-3-5-8-16)17-13-15(27)11-12-21(17)36-14-18-19(28)9-6-10-20(18)29/h3-13H,14H2,1-2H3. The fraction of sp³-hybridized carbons (Fsp3) is 0.115. The quantitative estimate of drug-likeness (QED) is 0.268. The molecule has 4 rings (SSSR count). The molecule has 4 aromatic rings. The first-order chi connectivity index (χ1) is 17.3. The van der Waals surface area contributed by atoms with Gasteiger partial charge in [-0.3, -0.25) is 0 Å². The van der Waals surface area contributed by atoms with E-state index in [1.165, 1.54) is 37.1 Å². The number of rotatable bonds is 7. The number of ether oxygens (including phenoxy) is 3.